The number of carboxylic acid groups (broad SMARTS) is 1. The summed E-state index contributed by atoms with van der Waals surface area (Å²) in [4.78, 5) is 10.5. The Labute approximate surface area is 160 Å². The van der Waals surface area contributed by atoms with Crippen molar-refractivity contribution in [2.45, 2.75) is 32.1 Å². The van der Waals surface area contributed by atoms with Gasteiger partial charge < -0.3 is 15.2 Å². The molecule has 0 aromatic heterocycles. The molecule has 4 heteroatoms. The van der Waals surface area contributed by atoms with Crippen LogP contribution in [0.3, 0.4) is 0 Å². The third kappa shape index (κ3) is 6.26. The van der Waals surface area contributed by atoms with Crippen molar-refractivity contribution in [3.8, 4) is 5.75 Å². The lowest BCUT2D eigenvalue weighted by Crippen LogP contribution is -2.21. The molecule has 1 aliphatic rings. The van der Waals surface area contributed by atoms with Gasteiger partial charge in [-0.15, -0.1) is 0 Å². The number of carboxylic acids is 1. The van der Waals surface area contributed by atoms with E-state index < -0.39 is 5.97 Å². The summed E-state index contributed by atoms with van der Waals surface area (Å²) in [5, 5.41) is 11.9. The molecule has 0 unspecified atom stereocenters. The van der Waals surface area contributed by atoms with Crippen molar-refractivity contribution in [2.24, 2.45) is 0 Å². The van der Waals surface area contributed by atoms with E-state index >= 15 is 0 Å². The van der Waals surface area contributed by atoms with Crippen LogP contribution in [0.25, 0.3) is 6.08 Å². The maximum atomic E-state index is 10.5. The second-order valence-corrected chi connectivity index (χ2v) is 6.92. The minimum atomic E-state index is -0.762. The summed E-state index contributed by atoms with van der Waals surface area (Å²) in [5.41, 5.74) is 5.24. The fourth-order valence-corrected chi connectivity index (χ4v) is 3.31. The minimum Gasteiger partial charge on any atom is -0.494 e. The predicted octanol–water partition coefficient (Wildman–Crippen LogP) is 4.09. The summed E-state index contributed by atoms with van der Waals surface area (Å²) in [7, 11) is 0. The third-order valence-corrected chi connectivity index (χ3v) is 4.78. The number of aryl methyl sites for hydroxylation is 2. The molecule has 0 heterocycles. The first-order chi connectivity index (χ1) is 13.2. The highest BCUT2D eigenvalue weighted by atomic mass is 16.5. The molecule has 0 fully saturated rings. The first-order valence-electron chi connectivity index (χ1n) is 9.62. The molecule has 0 amide bonds. The van der Waals surface area contributed by atoms with Crippen molar-refractivity contribution in [3.05, 3.63) is 70.8 Å². The standard InChI is InChI=1S/C23H27NO3/c25-23(26)12-13-24-17-19-8-9-21-16-22(11-10-20(21)15-19)27-14-4-7-18-5-2-1-3-6-18/h1-3,5-6,10-11,15-16,24H,4,7-9,12-14,17H2,(H,25,26). The number of carbonyl (C=O) groups is 1. The lowest BCUT2D eigenvalue weighted by molar-refractivity contribution is -0.136. The number of hydrogen-bond acceptors (Lipinski definition) is 3. The minimum absolute atomic E-state index is 0.162. The molecule has 0 spiro atoms. The number of rotatable bonds is 10. The zero-order chi connectivity index (χ0) is 18.9. The Balaban J connectivity index is 1.45. The van der Waals surface area contributed by atoms with Crippen molar-refractivity contribution in [1.82, 2.24) is 5.32 Å². The van der Waals surface area contributed by atoms with Crippen LogP contribution >= 0.6 is 0 Å². The molecule has 0 radical (unpaired) electrons. The SMILES string of the molecule is O=C(O)CCNCC1=Cc2ccc(OCCCc3ccccc3)cc2CC1. The van der Waals surface area contributed by atoms with Gasteiger partial charge in [-0.3, -0.25) is 4.79 Å². The van der Waals surface area contributed by atoms with Gasteiger partial charge in [-0.05, 0) is 54.5 Å². The van der Waals surface area contributed by atoms with Crippen molar-refractivity contribution < 1.29 is 14.6 Å². The quantitative estimate of drug-likeness (QED) is 0.623. The zero-order valence-electron chi connectivity index (χ0n) is 15.6. The van der Waals surface area contributed by atoms with E-state index in [2.05, 4.69) is 47.8 Å². The first-order valence-corrected chi connectivity index (χ1v) is 9.62. The summed E-state index contributed by atoms with van der Waals surface area (Å²) < 4.78 is 5.93. The number of nitrogens with one attached hydrogen (secondary N) is 1. The van der Waals surface area contributed by atoms with Gasteiger partial charge in [0, 0.05) is 13.1 Å². The second-order valence-electron chi connectivity index (χ2n) is 6.92. The lowest BCUT2D eigenvalue weighted by atomic mass is 9.92. The van der Waals surface area contributed by atoms with Crippen LogP contribution in [0.15, 0.2) is 54.1 Å². The lowest BCUT2D eigenvalue weighted by Gasteiger charge is -2.18. The molecule has 0 saturated heterocycles. The highest BCUT2D eigenvalue weighted by Crippen LogP contribution is 2.27. The van der Waals surface area contributed by atoms with Gasteiger partial charge in [0.25, 0.3) is 0 Å². The van der Waals surface area contributed by atoms with Crippen molar-refractivity contribution in [3.63, 3.8) is 0 Å². The number of fused-ring (bicyclic) bond motifs is 1. The Hall–Kier alpha value is -2.59. The van der Waals surface area contributed by atoms with Crippen LogP contribution in [0.5, 0.6) is 5.75 Å². The Kier molecular flexibility index (Phi) is 7.05. The number of aliphatic carboxylic acids is 1. The van der Waals surface area contributed by atoms with Gasteiger partial charge in [-0.2, -0.15) is 0 Å². The molecule has 0 atom stereocenters. The number of hydrogen-bond donors (Lipinski definition) is 2. The summed E-state index contributed by atoms with van der Waals surface area (Å²) in [6, 6.07) is 16.8. The van der Waals surface area contributed by atoms with Gasteiger partial charge in [-0.1, -0.05) is 48.0 Å². The highest BCUT2D eigenvalue weighted by Gasteiger charge is 2.11. The molecule has 2 aromatic rings. The maximum Gasteiger partial charge on any atom is 0.304 e. The van der Waals surface area contributed by atoms with Crippen LogP contribution in [-0.2, 0) is 17.6 Å². The van der Waals surface area contributed by atoms with Gasteiger partial charge in [0.15, 0.2) is 0 Å². The normalized spacial score (nSPS) is 13.0. The average Bonchev–Trinajstić information content (AvgIpc) is 2.69. The zero-order valence-corrected chi connectivity index (χ0v) is 15.6. The van der Waals surface area contributed by atoms with Crippen LogP contribution in [0.4, 0.5) is 0 Å². The van der Waals surface area contributed by atoms with Gasteiger partial charge in [0.2, 0.25) is 0 Å². The van der Waals surface area contributed by atoms with Crippen LogP contribution in [0.1, 0.15) is 36.0 Å². The topological polar surface area (TPSA) is 58.6 Å². The molecule has 27 heavy (non-hydrogen) atoms. The number of benzene rings is 2. The van der Waals surface area contributed by atoms with Crippen LogP contribution in [0, 0.1) is 0 Å². The van der Waals surface area contributed by atoms with E-state index in [1.54, 1.807) is 0 Å². The Morgan fingerprint density at radius 2 is 1.96 bits per heavy atom. The maximum absolute atomic E-state index is 10.5. The summed E-state index contributed by atoms with van der Waals surface area (Å²) >= 11 is 0. The van der Waals surface area contributed by atoms with E-state index in [4.69, 9.17) is 9.84 Å². The molecule has 2 aromatic carbocycles. The third-order valence-electron chi connectivity index (χ3n) is 4.78. The second kappa shape index (κ2) is 9.93. The molecular weight excluding hydrogens is 338 g/mol. The molecule has 1 aliphatic carbocycles. The molecule has 142 valence electrons. The molecule has 2 N–H and O–H groups in total. The van der Waals surface area contributed by atoms with E-state index in [9.17, 15) is 4.79 Å². The summed E-state index contributed by atoms with van der Waals surface area (Å²) in [6.07, 6.45) is 6.42. The Morgan fingerprint density at radius 3 is 2.78 bits per heavy atom. The Morgan fingerprint density at radius 1 is 1.11 bits per heavy atom. The molecule has 0 bridgehead atoms. The Bertz CT molecular complexity index is 783. The first kappa shape index (κ1) is 19.2. The monoisotopic (exact) mass is 365 g/mol. The van der Waals surface area contributed by atoms with Gasteiger partial charge in [0.1, 0.15) is 5.75 Å². The van der Waals surface area contributed by atoms with E-state index in [1.807, 2.05) is 12.1 Å². The smallest absolute Gasteiger partial charge is 0.304 e. The summed E-state index contributed by atoms with van der Waals surface area (Å²) in [6.45, 7) is 1.99. The molecule has 0 saturated carbocycles. The van der Waals surface area contributed by atoms with Gasteiger partial charge in [0.05, 0.1) is 13.0 Å². The molecular formula is C23H27NO3. The van der Waals surface area contributed by atoms with Crippen LogP contribution in [0.2, 0.25) is 0 Å². The largest absolute Gasteiger partial charge is 0.494 e. The number of ether oxygens (including phenoxy) is 1. The van der Waals surface area contributed by atoms with Crippen molar-refractivity contribution in [1.29, 1.82) is 0 Å². The summed E-state index contributed by atoms with van der Waals surface area (Å²) in [5.74, 6) is 0.181. The van der Waals surface area contributed by atoms with Crippen LogP contribution < -0.4 is 10.1 Å². The predicted molar refractivity (Wildman–Crippen MR) is 108 cm³/mol. The van der Waals surface area contributed by atoms with Gasteiger partial charge in [-0.25, -0.2) is 0 Å². The molecule has 3 rings (SSSR count). The van der Waals surface area contributed by atoms with Crippen molar-refractivity contribution in [2.75, 3.05) is 19.7 Å². The fraction of sp³-hybridized carbons (Fsp3) is 0.348. The molecule has 4 nitrogen and oxygen atoms in total. The molecule has 0 aliphatic heterocycles. The van der Waals surface area contributed by atoms with Crippen molar-refractivity contribution >= 4 is 12.0 Å². The van der Waals surface area contributed by atoms with E-state index in [0.717, 1.165) is 44.6 Å². The average molecular weight is 365 g/mol. The van der Waals surface area contributed by atoms with Crippen LogP contribution in [-0.4, -0.2) is 30.8 Å². The van der Waals surface area contributed by atoms with E-state index in [0.29, 0.717) is 6.54 Å². The fourth-order valence-electron chi connectivity index (χ4n) is 3.31. The van der Waals surface area contributed by atoms with E-state index in [1.165, 1.54) is 22.3 Å². The van der Waals surface area contributed by atoms with E-state index in [-0.39, 0.29) is 6.42 Å². The van der Waals surface area contributed by atoms with Gasteiger partial charge >= 0.3 is 5.97 Å². The highest BCUT2D eigenvalue weighted by molar-refractivity contribution is 5.67.